The van der Waals surface area contributed by atoms with Crippen LogP contribution in [0.15, 0.2) is 30.0 Å². The Morgan fingerprint density at radius 3 is 2.69 bits per heavy atom. The van der Waals surface area contributed by atoms with Crippen molar-refractivity contribution in [1.29, 1.82) is 0 Å². The van der Waals surface area contributed by atoms with Crippen LogP contribution in [-0.4, -0.2) is 10.0 Å². The molecule has 13 heavy (non-hydrogen) atoms. The fourth-order valence-electron chi connectivity index (χ4n) is 0.887. The first-order valence-electron chi connectivity index (χ1n) is 3.72. The summed E-state index contributed by atoms with van der Waals surface area (Å²) in [6.07, 6.45) is 1.33. The molecule has 1 aromatic rings. The molecule has 0 saturated heterocycles. The SMILES string of the molecule is C/C(=C/c1ccccc1O)[N+](=O)[O-]. The molecular formula is C9H9NO3. The van der Waals surface area contributed by atoms with Gasteiger partial charge < -0.3 is 5.11 Å². The van der Waals surface area contributed by atoms with Gasteiger partial charge in [0.05, 0.1) is 4.92 Å². The van der Waals surface area contributed by atoms with Crippen LogP contribution in [0, 0.1) is 10.1 Å². The van der Waals surface area contributed by atoms with E-state index in [9.17, 15) is 15.2 Å². The van der Waals surface area contributed by atoms with Gasteiger partial charge in [0.1, 0.15) is 5.75 Å². The molecule has 1 aromatic carbocycles. The number of allylic oxidation sites excluding steroid dienone is 1. The maximum absolute atomic E-state index is 10.3. The molecule has 0 radical (unpaired) electrons. The summed E-state index contributed by atoms with van der Waals surface area (Å²) in [5, 5.41) is 19.5. The molecule has 0 bridgehead atoms. The maximum Gasteiger partial charge on any atom is 0.243 e. The average Bonchev–Trinajstić information content (AvgIpc) is 2.08. The molecule has 0 aliphatic rings. The summed E-state index contributed by atoms with van der Waals surface area (Å²) in [6, 6.07) is 6.47. The standard InChI is InChI=1S/C9H9NO3/c1-7(10(12)13)6-8-4-2-3-5-9(8)11/h2-6,11H,1H3/b7-6-. The molecule has 68 valence electrons. The van der Waals surface area contributed by atoms with E-state index in [1.807, 2.05) is 0 Å². The summed E-state index contributed by atoms with van der Waals surface area (Å²) in [7, 11) is 0. The molecule has 0 atom stereocenters. The number of phenols is 1. The van der Waals surface area contributed by atoms with Crippen LogP contribution < -0.4 is 0 Å². The zero-order valence-electron chi connectivity index (χ0n) is 7.10. The molecule has 0 saturated carbocycles. The van der Waals surface area contributed by atoms with Crippen molar-refractivity contribution in [1.82, 2.24) is 0 Å². The van der Waals surface area contributed by atoms with Crippen molar-refractivity contribution < 1.29 is 10.0 Å². The normalized spacial score (nSPS) is 11.3. The third kappa shape index (κ3) is 2.30. The molecule has 0 aliphatic carbocycles. The fourth-order valence-corrected chi connectivity index (χ4v) is 0.887. The van der Waals surface area contributed by atoms with Crippen molar-refractivity contribution in [2.24, 2.45) is 0 Å². The van der Waals surface area contributed by atoms with E-state index in [0.717, 1.165) is 0 Å². The lowest BCUT2D eigenvalue weighted by Gasteiger charge is -1.96. The van der Waals surface area contributed by atoms with Crippen LogP contribution in [0.3, 0.4) is 0 Å². The number of benzene rings is 1. The topological polar surface area (TPSA) is 63.4 Å². The van der Waals surface area contributed by atoms with Gasteiger partial charge in [-0.3, -0.25) is 10.1 Å². The number of para-hydroxylation sites is 1. The van der Waals surface area contributed by atoms with E-state index in [2.05, 4.69) is 0 Å². The minimum Gasteiger partial charge on any atom is -0.507 e. The zero-order valence-corrected chi connectivity index (χ0v) is 7.10. The first kappa shape index (κ1) is 9.25. The Morgan fingerprint density at radius 1 is 1.54 bits per heavy atom. The first-order valence-corrected chi connectivity index (χ1v) is 3.72. The molecule has 0 heterocycles. The van der Waals surface area contributed by atoms with E-state index in [-0.39, 0.29) is 11.4 Å². The van der Waals surface area contributed by atoms with Crippen LogP contribution in [0.2, 0.25) is 0 Å². The Bertz CT molecular complexity index is 358. The average molecular weight is 179 g/mol. The molecule has 4 heteroatoms. The second-order valence-electron chi connectivity index (χ2n) is 2.60. The summed E-state index contributed by atoms with van der Waals surface area (Å²) in [4.78, 5) is 9.78. The molecule has 0 aromatic heterocycles. The Balaban J connectivity index is 3.04. The van der Waals surface area contributed by atoms with Crippen LogP contribution in [0.5, 0.6) is 5.75 Å². The van der Waals surface area contributed by atoms with Crippen LogP contribution in [0.1, 0.15) is 12.5 Å². The van der Waals surface area contributed by atoms with Gasteiger partial charge in [-0.25, -0.2) is 0 Å². The number of aromatic hydroxyl groups is 1. The molecule has 1 N–H and O–H groups in total. The highest BCUT2D eigenvalue weighted by Gasteiger charge is 2.03. The number of nitro groups is 1. The lowest BCUT2D eigenvalue weighted by atomic mass is 10.2. The molecule has 4 nitrogen and oxygen atoms in total. The maximum atomic E-state index is 10.3. The summed E-state index contributed by atoms with van der Waals surface area (Å²) in [6.45, 7) is 1.38. The lowest BCUT2D eigenvalue weighted by molar-refractivity contribution is -0.422. The van der Waals surface area contributed by atoms with Gasteiger partial charge in [-0.2, -0.15) is 0 Å². The van der Waals surface area contributed by atoms with E-state index in [1.165, 1.54) is 19.1 Å². The first-order chi connectivity index (χ1) is 6.11. The Morgan fingerprint density at radius 2 is 2.15 bits per heavy atom. The van der Waals surface area contributed by atoms with Crippen LogP contribution in [0.4, 0.5) is 0 Å². The number of hydrogen-bond acceptors (Lipinski definition) is 3. The van der Waals surface area contributed by atoms with Crippen molar-refractivity contribution >= 4 is 6.08 Å². The Labute approximate surface area is 75.3 Å². The smallest absolute Gasteiger partial charge is 0.243 e. The number of rotatable bonds is 2. The predicted octanol–water partition coefficient (Wildman–Crippen LogP) is 2.03. The molecule has 0 fully saturated rings. The van der Waals surface area contributed by atoms with Gasteiger partial charge in [0.25, 0.3) is 0 Å². The second-order valence-corrected chi connectivity index (χ2v) is 2.60. The minimum absolute atomic E-state index is 0.00139. The van der Waals surface area contributed by atoms with Gasteiger partial charge >= 0.3 is 0 Å². The minimum atomic E-state index is -0.494. The summed E-state index contributed by atoms with van der Waals surface area (Å²) in [5.74, 6) is 0.0451. The van der Waals surface area contributed by atoms with Crippen molar-refractivity contribution in [3.8, 4) is 5.75 Å². The van der Waals surface area contributed by atoms with Crippen molar-refractivity contribution in [3.63, 3.8) is 0 Å². The zero-order chi connectivity index (χ0) is 9.84. The number of nitrogens with zero attached hydrogens (tertiary/aromatic N) is 1. The van der Waals surface area contributed by atoms with Crippen LogP contribution >= 0.6 is 0 Å². The fraction of sp³-hybridized carbons (Fsp3) is 0.111. The highest BCUT2D eigenvalue weighted by atomic mass is 16.6. The van der Waals surface area contributed by atoms with E-state index in [1.54, 1.807) is 18.2 Å². The van der Waals surface area contributed by atoms with E-state index in [4.69, 9.17) is 0 Å². The quantitative estimate of drug-likeness (QED) is 0.558. The van der Waals surface area contributed by atoms with Gasteiger partial charge in [0.15, 0.2) is 0 Å². The van der Waals surface area contributed by atoms with E-state index < -0.39 is 4.92 Å². The Hall–Kier alpha value is -1.84. The summed E-state index contributed by atoms with van der Waals surface area (Å²) in [5.41, 5.74) is 0.457. The highest BCUT2D eigenvalue weighted by molar-refractivity contribution is 5.57. The molecular weight excluding hydrogens is 170 g/mol. The molecule has 0 amide bonds. The van der Waals surface area contributed by atoms with Gasteiger partial charge in [-0.15, -0.1) is 0 Å². The third-order valence-corrected chi connectivity index (χ3v) is 1.59. The van der Waals surface area contributed by atoms with Gasteiger partial charge in [0, 0.05) is 18.6 Å². The monoisotopic (exact) mass is 179 g/mol. The largest absolute Gasteiger partial charge is 0.507 e. The number of hydrogen-bond donors (Lipinski definition) is 1. The molecule has 0 unspecified atom stereocenters. The van der Waals surface area contributed by atoms with Gasteiger partial charge in [-0.05, 0) is 6.07 Å². The molecule has 0 spiro atoms. The Kier molecular flexibility index (Phi) is 2.64. The van der Waals surface area contributed by atoms with E-state index in [0.29, 0.717) is 5.56 Å². The molecule has 1 rings (SSSR count). The molecule has 0 aliphatic heterocycles. The number of phenolic OH excluding ortho intramolecular Hbond substituents is 1. The van der Waals surface area contributed by atoms with Crippen molar-refractivity contribution in [2.75, 3.05) is 0 Å². The van der Waals surface area contributed by atoms with Gasteiger partial charge in [0.2, 0.25) is 5.70 Å². The second kappa shape index (κ2) is 3.71. The van der Waals surface area contributed by atoms with Gasteiger partial charge in [-0.1, -0.05) is 18.2 Å². The van der Waals surface area contributed by atoms with E-state index >= 15 is 0 Å². The van der Waals surface area contributed by atoms with Crippen LogP contribution in [-0.2, 0) is 0 Å². The summed E-state index contributed by atoms with van der Waals surface area (Å²) >= 11 is 0. The summed E-state index contributed by atoms with van der Waals surface area (Å²) < 4.78 is 0. The third-order valence-electron chi connectivity index (χ3n) is 1.59. The van der Waals surface area contributed by atoms with Crippen LogP contribution in [0.25, 0.3) is 6.08 Å². The predicted molar refractivity (Wildman–Crippen MR) is 48.8 cm³/mol. The lowest BCUT2D eigenvalue weighted by Crippen LogP contribution is -1.92. The van der Waals surface area contributed by atoms with Crippen molar-refractivity contribution in [3.05, 3.63) is 45.6 Å². The van der Waals surface area contributed by atoms with Crippen molar-refractivity contribution in [2.45, 2.75) is 6.92 Å². The highest BCUT2D eigenvalue weighted by Crippen LogP contribution is 2.18.